The van der Waals surface area contributed by atoms with Crippen LogP contribution in [0.1, 0.15) is 48.4 Å². The molecule has 1 aromatic rings. The molecule has 2 N–H and O–H groups in total. The summed E-state index contributed by atoms with van der Waals surface area (Å²) in [5.41, 5.74) is 3.65. The molecule has 3 heteroatoms. The molecule has 1 fully saturated rings. The minimum absolute atomic E-state index is 0.328. The smallest absolute Gasteiger partial charge is 0.0819 e. The summed E-state index contributed by atoms with van der Waals surface area (Å²) < 4.78 is 2.39. The lowest BCUT2D eigenvalue weighted by atomic mass is 10.1. The van der Waals surface area contributed by atoms with E-state index >= 15 is 0 Å². The van der Waals surface area contributed by atoms with Crippen LogP contribution in [0.5, 0.6) is 0 Å². The molecule has 3 nitrogen and oxygen atoms in total. The zero-order chi connectivity index (χ0) is 11.7. The van der Waals surface area contributed by atoms with Gasteiger partial charge in [-0.1, -0.05) is 0 Å². The van der Waals surface area contributed by atoms with E-state index < -0.39 is 0 Å². The number of aliphatic hydroxyl groups excluding tert-OH is 1. The summed E-state index contributed by atoms with van der Waals surface area (Å²) in [7, 11) is 1.92. The third-order valence-electron chi connectivity index (χ3n) is 3.46. The maximum atomic E-state index is 10.1. The van der Waals surface area contributed by atoms with Crippen molar-refractivity contribution in [1.29, 1.82) is 0 Å². The molecule has 2 rings (SSSR count). The summed E-state index contributed by atoms with van der Waals surface area (Å²) >= 11 is 0. The van der Waals surface area contributed by atoms with Gasteiger partial charge in [0.15, 0.2) is 0 Å². The minimum atomic E-state index is -0.328. The molecule has 1 atom stereocenters. The molecule has 0 bridgehead atoms. The molecular weight excluding hydrogens is 200 g/mol. The van der Waals surface area contributed by atoms with Crippen molar-refractivity contribution in [3.05, 3.63) is 23.0 Å². The highest BCUT2D eigenvalue weighted by Crippen LogP contribution is 2.39. The molecule has 0 aromatic carbocycles. The highest BCUT2D eigenvalue weighted by Gasteiger charge is 2.28. The van der Waals surface area contributed by atoms with Crippen molar-refractivity contribution in [3.63, 3.8) is 0 Å². The second kappa shape index (κ2) is 4.60. The monoisotopic (exact) mass is 222 g/mol. The molecule has 0 saturated heterocycles. The Labute approximate surface area is 97.5 Å². The number of hydrogen-bond acceptors (Lipinski definition) is 2. The molecule has 0 amide bonds. The average Bonchev–Trinajstić information content (AvgIpc) is 3.03. The van der Waals surface area contributed by atoms with E-state index in [0.717, 1.165) is 18.5 Å². The predicted molar refractivity (Wildman–Crippen MR) is 65.7 cm³/mol. The van der Waals surface area contributed by atoms with Gasteiger partial charge in [-0.2, -0.15) is 0 Å². The van der Waals surface area contributed by atoms with E-state index in [1.165, 1.54) is 24.2 Å². The van der Waals surface area contributed by atoms with Crippen LogP contribution in [0.4, 0.5) is 0 Å². The van der Waals surface area contributed by atoms with Gasteiger partial charge in [0.05, 0.1) is 6.10 Å². The second-order valence-electron chi connectivity index (χ2n) is 4.84. The van der Waals surface area contributed by atoms with Crippen molar-refractivity contribution < 1.29 is 5.11 Å². The SMILES string of the molecule is CNCCC(O)c1cc(C)n(C2CC2)c1C. The van der Waals surface area contributed by atoms with Crippen LogP contribution in [0.3, 0.4) is 0 Å². The molecule has 0 aliphatic heterocycles. The Morgan fingerprint density at radius 1 is 1.50 bits per heavy atom. The molecule has 1 aliphatic rings. The molecular formula is C13H22N2O. The van der Waals surface area contributed by atoms with Crippen molar-refractivity contribution in [2.75, 3.05) is 13.6 Å². The van der Waals surface area contributed by atoms with Gasteiger partial charge in [-0.05, 0) is 52.8 Å². The molecule has 90 valence electrons. The maximum Gasteiger partial charge on any atom is 0.0819 e. The highest BCUT2D eigenvalue weighted by atomic mass is 16.3. The zero-order valence-electron chi connectivity index (χ0n) is 10.5. The van der Waals surface area contributed by atoms with Crippen LogP contribution in [0, 0.1) is 13.8 Å². The number of rotatable bonds is 5. The Morgan fingerprint density at radius 2 is 2.19 bits per heavy atom. The van der Waals surface area contributed by atoms with Gasteiger partial charge in [0, 0.05) is 23.0 Å². The first-order chi connectivity index (χ1) is 7.65. The molecule has 1 aromatic heterocycles. The third kappa shape index (κ3) is 2.15. The topological polar surface area (TPSA) is 37.2 Å². The number of aliphatic hydroxyl groups is 1. The molecule has 1 heterocycles. The fourth-order valence-electron chi connectivity index (χ4n) is 2.47. The first kappa shape index (κ1) is 11.7. The normalized spacial score (nSPS) is 17.8. The minimum Gasteiger partial charge on any atom is -0.388 e. The summed E-state index contributed by atoms with van der Waals surface area (Å²) in [6.07, 6.45) is 3.04. The van der Waals surface area contributed by atoms with Gasteiger partial charge in [-0.25, -0.2) is 0 Å². The second-order valence-corrected chi connectivity index (χ2v) is 4.84. The predicted octanol–water partition coefficient (Wildman–Crippen LogP) is 2.08. The molecule has 1 aliphatic carbocycles. The average molecular weight is 222 g/mol. The number of aryl methyl sites for hydroxylation is 1. The first-order valence-corrected chi connectivity index (χ1v) is 6.16. The van der Waals surface area contributed by atoms with Crippen LogP contribution in [-0.4, -0.2) is 23.3 Å². The van der Waals surface area contributed by atoms with E-state index in [-0.39, 0.29) is 6.10 Å². The fourth-order valence-corrected chi connectivity index (χ4v) is 2.47. The van der Waals surface area contributed by atoms with Crippen LogP contribution < -0.4 is 5.32 Å². The number of nitrogens with one attached hydrogen (secondary N) is 1. The van der Waals surface area contributed by atoms with Crippen LogP contribution in [0.15, 0.2) is 6.07 Å². The summed E-state index contributed by atoms with van der Waals surface area (Å²) in [4.78, 5) is 0. The van der Waals surface area contributed by atoms with Crippen molar-refractivity contribution in [2.24, 2.45) is 0 Å². The standard InChI is InChI=1S/C13H22N2O/c1-9-8-12(13(16)6-7-14-3)10(2)15(9)11-4-5-11/h8,11,13-14,16H,4-7H2,1-3H3. The van der Waals surface area contributed by atoms with Gasteiger partial charge in [0.1, 0.15) is 0 Å². The van der Waals surface area contributed by atoms with Crippen LogP contribution in [0.2, 0.25) is 0 Å². The van der Waals surface area contributed by atoms with E-state index in [9.17, 15) is 5.11 Å². The molecule has 16 heavy (non-hydrogen) atoms. The Hall–Kier alpha value is -0.800. The Bertz CT molecular complexity index is 366. The van der Waals surface area contributed by atoms with Gasteiger partial charge < -0.3 is 15.0 Å². The lowest BCUT2D eigenvalue weighted by molar-refractivity contribution is 0.167. The molecule has 1 saturated carbocycles. The van der Waals surface area contributed by atoms with Gasteiger partial charge >= 0.3 is 0 Å². The number of nitrogens with zero attached hydrogens (tertiary/aromatic N) is 1. The van der Waals surface area contributed by atoms with Gasteiger partial charge in [0.2, 0.25) is 0 Å². The Kier molecular flexibility index (Phi) is 3.36. The molecule has 0 radical (unpaired) electrons. The third-order valence-corrected chi connectivity index (χ3v) is 3.46. The Morgan fingerprint density at radius 3 is 2.75 bits per heavy atom. The van der Waals surface area contributed by atoms with Crippen molar-refractivity contribution >= 4 is 0 Å². The molecule has 1 unspecified atom stereocenters. The molecule has 0 spiro atoms. The Balaban J connectivity index is 2.17. The maximum absolute atomic E-state index is 10.1. The van der Waals surface area contributed by atoms with Crippen LogP contribution in [-0.2, 0) is 0 Å². The van der Waals surface area contributed by atoms with Crippen molar-refractivity contribution in [1.82, 2.24) is 9.88 Å². The fraction of sp³-hybridized carbons (Fsp3) is 0.692. The first-order valence-electron chi connectivity index (χ1n) is 6.16. The lowest BCUT2D eigenvalue weighted by Gasteiger charge is -2.12. The van der Waals surface area contributed by atoms with Gasteiger partial charge in [0.25, 0.3) is 0 Å². The summed E-state index contributed by atoms with van der Waals surface area (Å²) in [6.45, 7) is 5.12. The van der Waals surface area contributed by atoms with Crippen molar-refractivity contribution in [3.8, 4) is 0 Å². The lowest BCUT2D eigenvalue weighted by Crippen LogP contribution is -2.12. The summed E-state index contributed by atoms with van der Waals surface area (Å²) in [5, 5.41) is 13.2. The van der Waals surface area contributed by atoms with E-state index in [0.29, 0.717) is 6.04 Å². The van der Waals surface area contributed by atoms with Gasteiger partial charge in [-0.3, -0.25) is 0 Å². The largest absolute Gasteiger partial charge is 0.388 e. The summed E-state index contributed by atoms with van der Waals surface area (Å²) in [6, 6.07) is 2.85. The van der Waals surface area contributed by atoms with E-state index in [2.05, 4.69) is 29.8 Å². The van der Waals surface area contributed by atoms with Crippen molar-refractivity contribution in [2.45, 2.75) is 45.3 Å². The van der Waals surface area contributed by atoms with Crippen LogP contribution in [0.25, 0.3) is 0 Å². The van der Waals surface area contributed by atoms with E-state index in [1.54, 1.807) is 0 Å². The number of aromatic nitrogens is 1. The number of hydrogen-bond donors (Lipinski definition) is 2. The summed E-state index contributed by atoms with van der Waals surface area (Å²) in [5.74, 6) is 0. The van der Waals surface area contributed by atoms with Crippen LogP contribution >= 0.6 is 0 Å². The van der Waals surface area contributed by atoms with E-state index in [1.807, 2.05) is 7.05 Å². The van der Waals surface area contributed by atoms with E-state index in [4.69, 9.17) is 0 Å². The van der Waals surface area contributed by atoms with Gasteiger partial charge in [-0.15, -0.1) is 0 Å². The zero-order valence-corrected chi connectivity index (χ0v) is 10.5. The highest BCUT2D eigenvalue weighted by molar-refractivity contribution is 5.30. The quantitative estimate of drug-likeness (QED) is 0.800.